The first-order chi connectivity index (χ1) is 11.6. The van der Waals surface area contributed by atoms with Crippen LogP contribution in [0.3, 0.4) is 0 Å². The van der Waals surface area contributed by atoms with Crippen molar-refractivity contribution in [2.24, 2.45) is 5.92 Å². The molecule has 0 bridgehead atoms. The van der Waals surface area contributed by atoms with E-state index in [1.165, 1.54) is 0 Å². The van der Waals surface area contributed by atoms with Crippen molar-refractivity contribution in [3.63, 3.8) is 0 Å². The van der Waals surface area contributed by atoms with Gasteiger partial charge in [-0.2, -0.15) is 0 Å². The highest BCUT2D eigenvalue weighted by atomic mass is 16.2. The molecule has 0 spiro atoms. The van der Waals surface area contributed by atoms with Gasteiger partial charge in [0.2, 0.25) is 11.8 Å². The van der Waals surface area contributed by atoms with E-state index in [9.17, 15) is 14.4 Å². The lowest BCUT2D eigenvalue weighted by atomic mass is 9.89. The number of amides is 3. The molecule has 24 heavy (non-hydrogen) atoms. The number of nitrogens with one attached hydrogen (secondary N) is 3. The summed E-state index contributed by atoms with van der Waals surface area (Å²) in [6.07, 6.45) is 2.99. The van der Waals surface area contributed by atoms with Gasteiger partial charge in [-0.1, -0.05) is 12.1 Å². The predicted molar refractivity (Wildman–Crippen MR) is 89.5 cm³/mol. The molecule has 2 aliphatic heterocycles. The average molecular weight is 329 g/mol. The fraction of sp³-hybridized carbons (Fsp3) is 0.500. The Hall–Kier alpha value is -2.21. The van der Waals surface area contributed by atoms with Crippen molar-refractivity contribution < 1.29 is 14.4 Å². The average Bonchev–Trinajstić information content (AvgIpc) is 2.60. The highest BCUT2D eigenvalue weighted by Gasteiger charge is 2.28. The number of rotatable bonds is 4. The molecular formula is C18H23N3O3. The lowest BCUT2D eigenvalue weighted by molar-refractivity contribution is -0.134. The minimum atomic E-state index is -0.361. The van der Waals surface area contributed by atoms with E-state index in [0.29, 0.717) is 30.9 Å². The molecule has 1 atom stereocenters. The summed E-state index contributed by atoms with van der Waals surface area (Å²) in [5, 5.41) is 8.67. The Morgan fingerprint density at radius 2 is 1.96 bits per heavy atom. The molecule has 0 saturated carbocycles. The Morgan fingerprint density at radius 1 is 1.17 bits per heavy atom. The number of benzene rings is 1. The van der Waals surface area contributed by atoms with E-state index in [1.807, 2.05) is 6.07 Å². The lowest BCUT2D eigenvalue weighted by Gasteiger charge is -2.23. The number of hydrogen-bond acceptors (Lipinski definition) is 4. The molecule has 0 radical (unpaired) electrons. The molecular weight excluding hydrogens is 306 g/mol. The van der Waals surface area contributed by atoms with Gasteiger partial charge in [-0.15, -0.1) is 0 Å². The van der Waals surface area contributed by atoms with Crippen molar-refractivity contribution in [2.45, 2.75) is 31.6 Å². The van der Waals surface area contributed by atoms with E-state index >= 15 is 0 Å². The first-order valence-corrected chi connectivity index (χ1v) is 8.56. The maximum atomic E-state index is 12.4. The van der Waals surface area contributed by atoms with Gasteiger partial charge in [-0.25, -0.2) is 0 Å². The second kappa shape index (κ2) is 7.57. The minimum absolute atomic E-state index is 0.109. The molecule has 2 heterocycles. The topological polar surface area (TPSA) is 87.3 Å². The molecule has 2 aliphatic rings. The molecule has 3 rings (SSSR count). The van der Waals surface area contributed by atoms with E-state index in [1.54, 1.807) is 18.2 Å². The fourth-order valence-corrected chi connectivity index (χ4v) is 3.33. The number of hydrogen-bond donors (Lipinski definition) is 3. The molecule has 1 unspecified atom stereocenters. The summed E-state index contributed by atoms with van der Waals surface area (Å²) in [5.74, 6) is -0.457. The van der Waals surface area contributed by atoms with Gasteiger partial charge >= 0.3 is 0 Å². The van der Waals surface area contributed by atoms with Crippen LogP contribution in [0.15, 0.2) is 24.3 Å². The summed E-state index contributed by atoms with van der Waals surface area (Å²) in [7, 11) is 0. The highest BCUT2D eigenvalue weighted by Crippen LogP contribution is 2.25. The van der Waals surface area contributed by atoms with Crippen molar-refractivity contribution in [1.29, 1.82) is 0 Å². The molecule has 2 saturated heterocycles. The maximum Gasteiger partial charge on any atom is 0.251 e. The first kappa shape index (κ1) is 16.6. The molecule has 128 valence electrons. The first-order valence-electron chi connectivity index (χ1n) is 8.56. The molecule has 6 nitrogen and oxygen atoms in total. The number of carbonyl (C=O) groups is 3. The van der Waals surface area contributed by atoms with Crippen molar-refractivity contribution in [3.8, 4) is 0 Å². The molecule has 3 N–H and O–H groups in total. The van der Waals surface area contributed by atoms with E-state index in [4.69, 9.17) is 0 Å². The van der Waals surface area contributed by atoms with Crippen molar-refractivity contribution >= 4 is 17.7 Å². The Morgan fingerprint density at radius 3 is 2.71 bits per heavy atom. The van der Waals surface area contributed by atoms with Gasteiger partial charge in [0.1, 0.15) is 0 Å². The van der Waals surface area contributed by atoms with Crippen LogP contribution in [0.4, 0.5) is 0 Å². The third-order valence-electron chi connectivity index (χ3n) is 4.80. The van der Waals surface area contributed by atoms with Crippen LogP contribution in [0.2, 0.25) is 0 Å². The summed E-state index contributed by atoms with van der Waals surface area (Å²) >= 11 is 0. The van der Waals surface area contributed by atoms with Gasteiger partial charge in [0.15, 0.2) is 0 Å². The van der Waals surface area contributed by atoms with Crippen LogP contribution in [0.1, 0.15) is 47.5 Å². The van der Waals surface area contributed by atoms with Crippen LogP contribution in [0.5, 0.6) is 0 Å². The van der Waals surface area contributed by atoms with Crippen LogP contribution in [-0.2, 0) is 9.59 Å². The van der Waals surface area contributed by atoms with Gasteiger partial charge in [-0.05, 0) is 56.0 Å². The fourth-order valence-electron chi connectivity index (χ4n) is 3.33. The van der Waals surface area contributed by atoms with Gasteiger partial charge in [0, 0.05) is 18.5 Å². The smallest absolute Gasteiger partial charge is 0.251 e. The number of carbonyl (C=O) groups excluding carboxylic acids is 3. The van der Waals surface area contributed by atoms with E-state index in [-0.39, 0.29) is 23.6 Å². The second-order valence-electron chi connectivity index (χ2n) is 6.53. The SMILES string of the molecule is O=C1CCC(c2cccc(C(=O)NCC3CCNCC3)c2)C(=O)N1. The van der Waals surface area contributed by atoms with Gasteiger partial charge < -0.3 is 10.6 Å². The quantitative estimate of drug-likeness (QED) is 0.718. The van der Waals surface area contributed by atoms with E-state index in [2.05, 4.69) is 16.0 Å². The summed E-state index contributed by atoms with van der Waals surface area (Å²) in [5.41, 5.74) is 1.35. The molecule has 0 aliphatic carbocycles. The van der Waals surface area contributed by atoms with Crippen molar-refractivity contribution in [2.75, 3.05) is 19.6 Å². The summed E-state index contributed by atoms with van der Waals surface area (Å²) in [6, 6.07) is 7.15. The van der Waals surface area contributed by atoms with E-state index < -0.39 is 0 Å². The number of piperidine rings is 2. The van der Waals surface area contributed by atoms with Crippen molar-refractivity contribution in [3.05, 3.63) is 35.4 Å². The molecule has 6 heteroatoms. The molecule has 1 aromatic carbocycles. The van der Waals surface area contributed by atoms with Gasteiger partial charge in [0.25, 0.3) is 5.91 Å². The zero-order valence-electron chi connectivity index (χ0n) is 13.6. The molecule has 3 amide bonds. The Balaban J connectivity index is 1.62. The van der Waals surface area contributed by atoms with Crippen LogP contribution >= 0.6 is 0 Å². The van der Waals surface area contributed by atoms with E-state index in [0.717, 1.165) is 31.5 Å². The van der Waals surface area contributed by atoms with Crippen molar-refractivity contribution in [1.82, 2.24) is 16.0 Å². The molecule has 1 aromatic rings. The third-order valence-corrected chi connectivity index (χ3v) is 4.80. The Kier molecular flexibility index (Phi) is 5.25. The Labute approximate surface area is 141 Å². The zero-order valence-corrected chi connectivity index (χ0v) is 13.6. The molecule has 0 aromatic heterocycles. The number of imide groups is 1. The predicted octanol–water partition coefficient (Wildman–Crippen LogP) is 0.936. The zero-order chi connectivity index (χ0) is 16.9. The third kappa shape index (κ3) is 4.00. The second-order valence-corrected chi connectivity index (χ2v) is 6.53. The highest BCUT2D eigenvalue weighted by molar-refractivity contribution is 6.01. The van der Waals surface area contributed by atoms with Crippen LogP contribution < -0.4 is 16.0 Å². The lowest BCUT2D eigenvalue weighted by Crippen LogP contribution is -2.39. The molecule has 2 fully saturated rings. The standard InChI is InChI=1S/C18H23N3O3/c22-16-5-4-15(18(24)21-16)13-2-1-3-14(10-13)17(23)20-11-12-6-8-19-9-7-12/h1-3,10,12,15,19H,4-9,11H2,(H,20,23)(H,21,22,24). The van der Waals surface area contributed by atoms with Gasteiger partial charge in [0.05, 0.1) is 5.92 Å². The van der Waals surface area contributed by atoms with Crippen LogP contribution in [-0.4, -0.2) is 37.4 Å². The Bertz CT molecular complexity index is 638. The summed E-state index contributed by atoms with van der Waals surface area (Å²) in [6.45, 7) is 2.69. The van der Waals surface area contributed by atoms with Gasteiger partial charge in [-0.3, -0.25) is 19.7 Å². The minimum Gasteiger partial charge on any atom is -0.352 e. The summed E-state index contributed by atoms with van der Waals surface area (Å²) in [4.78, 5) is 35.6. The maximum absolute atomic E-state index is 12.4. The monoisotopic (exact) mass is 329 g/mol. The van der Waals surface area contributed by atoms with Crippen LogP contribution in [0, 0.1) is 5.92 Å². The normalized spacial score (nSPS) is 22.1. The van der Waals surface area contributed by atoms with Crippen LogP contribution in [0.25, 0.3) is 0 Å². The summed E-state index contributed by atoms with van der Waals surface area (Å²) < 4.78 is 0. The largest absolute Gasteiger partial charge is 0.352 e.